The molecule has 3 aromatic rings. The van der Waals surface area contributed by atoms with Gasteiger partial charge in [-0.2, -0.15) is 0 Å². The second-order valence-electron chi connectivity index (χ2n) is 7.09. The van der Waals surface area contributed by atoms with Gasteiger partial charge in [0.25, 0.3) is 0 Å². The third-order valence-electron chi connectivity index (χ3n) is 4.96. The van der Waals surface area contributed by atoms with Crippen LogP contribution in [-0.4, -0.2) is 5.97 Å². The number of esters is 1. The van der Waals surface area contributed by atoms with Crippen molar-refractivity contribution in [2.75, 3.05) is 0 Å². The van der Waals surface area contributed by atoms with Crippen LogP contribution in [0.15, 0.2) is 78.9 Å². The predicted molar refractivity (Wildman–Crippen MR) is 107 cm³/mol. The van der Waals surface area contributed by atoms with Crippen LogP contribution in [0, 0.1) is 0 Å². The molecule has 0 fully saturated rings. The van der Waals surface area contributed by atoms with E-state index in [2.05, 4.69) is 20.8 Å². The van der Waals surface area contributed by atoms with Gasteiger partial charge < -0.3 is 4.74 Å². The van der Waals surface area contributed by atoms with Crippen LogP contribution in [0.5, 0.6) is 5.75 Å². The van der Waals surface area contributed by atoms with Crippen molar-refractivity contribution < 1.29 is 9.53 Å². The van der Waals surface area contributed by atoms with Crippen molar-refractivity contribution in [3.05, 3.63) is 90.0 Å². The summed E-state index contributed by atoms with van der Waals surface area (Å²) in [6, 6.07) is 25.4. The highest BCUT2D eigenvalue weighted by Crippen LogP contribution is 2.28. The van der Waals surface area contributed by atoms with Gasteiger partial charge in [0.2, 0.25) is 0 Å². The summed E-state index contributed by atoms with van der Waals surface area (Å²) in [5.74, 6) is 0.227. The number of ether oxygens (including phenoxy) is 1. The summed E-state index contributed by atoms with van der Waals surface area (Å²) in [6.45, 7) is 6.59. The fraction of sp³-hybridized carbons (Fsp3) is 0.208. The van der Waals surface area contributed by atoms with Crippen molar-refractivity contribution in [2.24, 2.45) is 0 Å². The Hall–Kier alpha value is -2.87. The topological polar surface area (TPSA) is 26.3 Å². The van der Waals surface area contributed by atoms with Gasteiger partial charge in [-0.1, -0.05) is 75.4 Å². The summed E-state index contributed by atoms with van der Waals surface area (Å²) < 4.78 is 5.51. The lowest BCUT2D eigenvalue weighted by atomic mass is 9.82. The molecule has 0 amide bonds. The van der Waals surface area contributed by atoms with Gasteiger partial charge in [-0.25, -0.2) is 4.79 Å². The van der Waals surface area contributed by atoms with E-state index in [0.717, 1.165) is 17.5 Å². The first-order chi connectivity index (χ1) is 12.5. The molecule has 0 aliphatic heterocycles. The Morgan fingerprint density at radius 3 is 1.96 bits per heavy atom. The molecule has 0 bridgehead atoms. The molecule has 26 heavy (non-hydrogen) atoms. The van der Waals surface area contributed by atoms with Crippen LogP contribution in [0.25, 0.3) is 11.1 Å². The smallest absolute Gasteiger partial charge is 0.343 e. The van der Waals surface area contributed by atoms with E-state index < -0.39 is 0 Å². The molecule has 3 rings (SSSR count). The monoisotopic (exact) mass is 344 g/mol. The van der Waals surface area contributed by atoms with Crippen molar-refractivity contribution in [1.82, 2.24) is 0 Å². The summed E-state index contributed by atoms with van der Waals surface area (Å²) in [4.78, 5) is 12.4. The molecule has 0 aromatic heterocycles. The highest BCUT2D eigenvalue weighted by atomic mass is 16.5. The number of carbonyl (C=O) groups excluding carboxylic acids is 1. The van der Waals surface area contributed by atoms with Gasteiger partial charge in [0, 0.05) is 0 Å². The Labute approximate surface area is 155 Å². The van der Waals surface area contributed by atoms with Gasteiger partial charge >= 0.3 is 5.97 Å². The second kappa shape index (κ2) is 7.57. The molecule has 0 atom stereocenters. The normalized spacial score (nSPS) is 11.2. The van der Waals surface area contributed by atoms with Crippen LogP contribution in [0.2, 0.25) is 0 Å². The van der Waals surface area contributed by atoms with Gasteiger partial charge in [0.05, 0.1) is 5.56 Å². The van der Waals surface area contributed by atoms with Crippen molar-refractivity contribution in [1.29, 1.82) is 0 Å². The number of carbonyl (C=O) groups is 1. The molecule has 0 unspecified atom stereocenters. The van der Waals surface area contributed by atoms with Gasteiger partial charge in [-0.3, -0.25) is 0 Å². The Balaban J connectivity index is 1.70. The summed E-state index contributed by atoms with van der Waals surface area (Å²) in [6.07, 6.45) is 1.06. The van der Waals surface area contributed by atoms with E-state index in [1.54, 1.807) is 12.1 Å². The largest absolute Gasteiger partial charge is 0.423 e. The lowest BCUT2D eigenvalue weighted by Gasteiger charge is -2.23. The molecular formula is C24H24O2. The number of rotatable bonds is 5. The van der Waals surface area contributed by atoms with Crippen LogP contribution in [-0.2, 0) is 5.41 Å². The molecule has 2 nitrogen and oxygen atoms in total. The maximum atomic E-state index is 12.4. The predicted octanol–water partition coefficient (Wildman–Crippen LogP) is 6.26. The first-order valence-corrected chi connectivity index (χ1v) is 8.98. The minimum absolute atomic E-state index is 0.121. The molecule has 0 spiro atoms. The molecular weight excluding hydrogens is 320 g/mol. The van der Waals surface area contributed by atoms with Crippen LogP contribution in [0.3, 0.4) is 0 Å². The van der Waals surface area contributed by atoms with Gasteiger partial charge in [0.15, 0.2) is 0 Å². The highest BCUT2D eigenvalue weighted by molar-refractivity contribution is 5.91. The molecule has 2 heteroatoms. The fourth-order valence-corrected chi connectivity index (χ4v) is 2.77. The lowest BCUT2D eigenvalue weighted by Crippen LogP contribution is -2.15. The summed E-state index contributed by atoms with van der Waals surface area (Å²) in [7, 11) is 0. The summed E-state index contributed by atoms with van der Waals surface area (Å²) in [5, 5.41) is 0. The molecule has 0 saturated carbocycles. The lowest BCUT2D eigenvalue weighted by molar-refractivity contribution is 0.0735. The molecule has 0 aliphatic rings. The zero-order valence-electron chi connectivity index (χ0n) is 15.5. The SMILES string of the molecule is CCC(C)(C)c1ccc(OC(=O)c2ccc(-c3ccccc3)cc2)cc1. The van der Waals surface area contributed by atoms with E-state index in [1.807, 2.05) is 66.7 Å². The van der Waals surface area contributed by atoms with Crippen molar-refractivity contribution in [3.63, 3.8) is 0 Å². The van der Waals surface area contributed by atoms with E-state index in [4.69, 9.17) is 4.74 Å². The van der Waals surface area contributed by atoms with Crippen molar-refractivity contribution in [2.45, 2.75) is 32.6 Å². The van der Waals surface area contributed by atoms with Crippen LogP contribution < -0.4 is 4.74 Å². The fourth-order valence-electron chi connectivity index (χ4n) is 2.77. The van der Waals surface area contributed by atoms with Gasteiger partial charge in [-0.15, -0.1) is 0 Å². The van der Waals surface area contributed by atoms with Crippen LogP contribution in [0.4, 0.5) is 0 Å². The molecule has 0 N–H and O–H groups in total. The first kappa shape index (κ1) is 17.9. The minimum Gasteiger partial charge on any atom is -0.423 e. The minimum atomic E-state index is -0.341. The Morgan fingerprint density at radius 1 is 0.808 bits per heavy atom. The van der Waals surface area contributed by atoms with Crippen molar-refractivity contribution in [3.8, 4) is 16.9 Å². The van der Waals surface area contributed by atoms with E-state index in [9.17, 15) is 4.79 Å². The number of hydrogen-bond donors (Lipinski definition) is 0. The average Bonchev–Trinajstić information content (AvgIpc) is 2.69. The average molecular weight is 344 g/mol. The molecule has 0 saturated heterocycles. The zero-order chi connectivity index (χ0) is 18.6. The van der Waals surface area contributed by atoms with E-state index >= 15 is 0 Å². The summed E-state index contributed by atoms with van der Waals surface area (Å²) >= 11 is 0. The van der Waals surface area contributed by atoms with Crippen LogP contribution in [0.1, 0.15) is 43.1 Å². The molecule has 0 heterocycles. The summed E-state index contributed by atoms with van der Waals surface area (Å²) in [5.41, 5.74) is 4.11. The Morgan fingerprint density at radius 2 is 1.38 bits per heavy atom. The van der Waals surface area contributed by atoms with Crippen LogP contribution >= 0.6 is 0 Å². The maximum Gasteiger partial charge on any atom is 0.343 e. The molecule has 0 aliphatic carbocycles. The van der Waals surface area contributed by atoms with E-state index in [1.165, 1.54) is 5.56 Å². The molecule has 3 aromatic carbocycles. The molecule has 0 radical (unpaired) electrons. The third kappa shape index (κ3) is 4.02. The standard InChI is InChI=1S/C24H24O2/c1-4-24(2,3)21-14-16-22(17-15-21)26-23(25)20-12-10-19(11-13-20)18-8-6-5-7-9-18/h5-17H,4H2,1-3H3. The van der Waals surface area contributed by atoms with Crippen molar-refractivity contribution >= 4 is 5.97 Å². The number of benzene rings is 3. The number of hydrogen-bond acceptors (Lipinski definition) is 2. The van der Waals surface area contributed by atoms with Gasteiger partial charge in [-0.05, 0) is 52.8 Å². The van der Waals surface area contributed by atoms with E-state index in [0.29, 0.717) is 11.3 Å². The molecule has 132 valence electrons. The second-order valence-corrected chi connectivity index (χ2v) is 7.09. The Kier molecular flexibility index (Phi) is 5.22. The third-order valence-corrected chi connectivity index (χ3v) is 4.96. The maximum absolute atomic E-state index is 12.4. The van der Waals surface area contributed by atoms with E-state index in [-0.39, 0.29) is 11.4 Å². The zero-order valence-corrected chi connectivity index (χ0v) is 15.5. The Bertz CT molecular complexity index is 860. The quantitative estimate of drug-likeness (QED) is 0.403. The highest BCUT2D eigenvalue weighted by Gasteiger charge is 2.18. The van der Waals surface area contributed by atoms with Gasteiger partial charge in [0.1, 0.15) is 5.75 Å². The first-order valence-electron chi connectivity index (χ1n) is 8.98.